The third-order valence-corrected chi connectivity index (χ3v) is 3.01. The molecular formula is C12H26N2O2. The number of carbonyl (C=O) groups is 1. The number of amides is 1. The fourth-order valence-corrected chi connectivity index (χ4v) is 1.79. The minimum absolute atomic E-state index is 0.00689. The summed E-state index contributed by atoms with van der Waals surface area (Å²) in [6, 6.07) is -0.281. The van der Waals surface area contributed by atoms with E-state index in [0.29, 0.717) is 6.54 Å². The first-order chi connectivity index (χ1) is 7.49. The topological polar surface area (TPSA) is 66.6 Å². The van der Waals surface area contributed by atoms with Crippen LogP contribution in [0.3, 0.4) is 0 Å². The summed E-state index contributed by atoms with van der Waals surface area (Å²) in [6.45, 7) is 8.34. The first-order valence-electron chi connectivity index (χ1n) is 6.16. The molecule has 16 heavy (non-hydrogen) atoms. The molecule has 0 heterocycles. The van der Waals surface area contributed by atoms with Gasteiger partial charge in [0, 0.05) is 12.6 Å². The molecule has 0 fully saturated rings. The van der Waals surface area contributed by atoms with Crippen molar-refractivity contribution in [2.24, 2.45) is 11.7 Å². The molecule has 0 saturated heterocycles. The molecule has 0 saturated carbocycles. The Bertz CT molecular complexity index is 203. The molecule has 1 atom stereocenters. The number of aliphatic hydroxyl groups excluding tert-OH is 1. The van der Waals surface area contributed by atoms with E-state index in [1.54, 1.807) is 4.90 Å². The van der Waals surface area contributed by atoms with E-state index < -0.39 is 6.04 Å². The van der Waals surface area contributed by atoms with Crippen molar-refractivity contribution in [2.75, 3.05) is 13.2 Å². The second-order valence-electron chi connectivity index (χ2n) is 4.50. The Morgan fingerprint density at radius 2 is 1.81 bits per heavy atom. The van der Waals surface area contributed by atoms with Gasteiger partial charge < -0.3 is 15.7 Å². The van der Waals surface area contributed by atoms with Gasteiger partial charge in [-0.2, -0.15) is 0 Å². The number of hydrogen-bond acceptors (Lipinski definition) is 3. The van der Waals surface area contributed by atoms with Gasteiger partial charge in [0.25, 0.3) is 0 Å². The normalized spacial score (nSPS) is 13.2. The van der Waals surface area contributed by atoms with E-state index >= 15 is 0 Å². The van der Waals surface area contributed by atoms with Crippen LogP contribution in [0, 0.1) is 5.92 Å². The molecule has 0 spiro atoms. The maximum absolute atomic E-state index is 12.1. The van der Waals surface area contributed by atoms with Crippen LogP contribution in [-0.2, 0) is 4.79 Å². The first kappa shape index (κ1) is 15.4. The summed E-state index contributed by atoms with van der Waals surface area (Å²) in [5.41, 5.74) is 5.87. The standard InChI is InChI=1S/C12H26N2O2/c1-5-10(6-2)14(7-8-15)12(16)11(13)9(3)4/h9-11,15H,5-8,13H2,1-4H3. The predicted molar refractivity (Wildman–Crippen MR) is 66.0 cm³/mol. The molecule has 0 aromatic heterocycles. The van der Waals surface area contributed by atoms with Gasteiger partial charge in [0.2, 0.25) is 5.91 Å². The third kappa shape index (κ3) is 4.10. The highest BCUT2D eigenvalue weighted by Crippen LogP contribution is 2.12. The van der Waals surface area contributed by atoms with Crippen LogP contribution < -0.4 is 5.73 Å². The zero-order valence-electron chi connectivity index (χ0n) is 10.9. The van der Waals surface area contributed by atoms with Gasteiger partial charge in [-0.3, -0.25) is 4.79 Å². The number of rotatable bonds is 7. The van der Waals surface area contributed by atoms with E-state index in [4.69, 9.17) is 10.8 Å². The van der Waals surface area contributed by atoms with Crippen molar-refractivity contribution in [1.82, 2.24) is 4.90 Å². The van der Waals surface area contributed by atoms with Gasteiger partial charge in [0.15, 0.2) is 0 Å². The van der Waals surface area contributed by atoms with Gasteiger partial charge in [-0.1, -0.05) is 27.7 Å². The van der Waals surface area contributed by atoms with Crippen molar-refractivity contribution in [3.63, 3.8) is 0 Å². The molecule has 1 unspecified atom stereocenters. The van der Waals surface area contributed by atoms with Crippen LogP contribution in [-0.4, -0.2) is 41.1 Å². The van der Waals surface area contributed by atoms with Crippen molar-refractivity contribution in [1.29, 1.82) is 0 Å². The Kier molecular flexibility index (Phi) is 7.34. The van der Waals surface area contributed by atoms with E-state index in [2.05, 4.69) is 0 Å². The van der Waals surface area contributed by atoms with E-state index in [1.807, 2.05) is 27.7 Å². The second kappa shape index (κ2) is 7.63. The van der Waals surface area contributed by atoms with E-state index in [9.17, 15) is 4.79 Å². The quantitative estimate of drug-likeness (QED) is 0.685. The highest BCUT2D eigenvalue weighted by atomic mass is 16.3. The summed E-state index contributed by atoms with van der Waals surface area (Å²) in [5, 5.41) is 9.01. The smallest absolute Gasteiger partial charge is 0.240 e. The molecule has 0 aliphatic heterocycles. The third-order valence-electron chi connectivity index (χ3n) is 3.01. The number of hydrogen-bond donors (Lipinski definition) is 2. The van der Waals surface area contributed by atoms with Crippen molar-refractivity contribution in [3.8, 4) is 0 Å². The molecule has 0 aromatic carbocycles. The lowest BCUT2D eigenvalue weighted by molar-refractivity contribution is -0.136. The lowest BCUT2D eigenvalue weighted by Gasteiger charge is -2.33. The SMILES string of the molecule is CCC(CC)N(CCO)C(=O)C(N)C(C)C. The summed E-state index contributed by atoms with van der Waals surface area (Å²) in [6.07, 6.45) is 1.79. The van der Waals surface area contributed by atoms with Crippen molar-refractivity contribution < 1.29 is 9.90 Å². The Hall–Kier alpha value is -0.610. The van der Waals surface area contributed by atoms with Gasteiger partial charge in [-0.05, 0) is 18.8 Å². The summed E-state index contributed by atoms with van der Waals surface area (Å²) in [5.74, 6) is 0.0841. The zero-order valence-corrected chi connectivity index (χ0v) is 10.9. The van der Waals surface area contributed by atoms with Crippen molar-refractivity contribution in [2.45, 2.75) is 52.6 Å². The van der Waals surface area contributed by atoms with Crippen LogP contribution >= 0.6 is 0 Å². The molecule has 0 bridgehead atoms. The Morgan fingerprint density at radius 3 is 2.12 bits per heavy atom. The fraction of sp³-hybridized carbons (Fsp3) is 0.917. The summed E-state index contributed by atoms with van der Waals surface area (Å²) >= 11 is 0. The van der Waals surface area contributed by atoms with Crippen LogP contribution in [0.2, 0.25) is 0 Å². The van der Waals surface area contributed by atoms with Gasteiger partial charge in [-0.25, -0.2) is 0 Å². The summed E-state index contributed by atoms with van der Waals surface area (Å²) < 4.78 is 0. The fourth-order valence-electron chi connectivity index (χ4n) is 1.79. The minimum atomic E-state index is -0.466. The maximum atomic E-state index is 12.1. The molecule has 0 aliphatic carbocycles. The molecule has 4 heteroatoms. The first-order valence-corrected chi connectivity index (χ1v) is 6.16. The van der Waals surface area contributed by atoms with Crippen LogP contribution in [0.15, 0.2) is 0 Å². The van der Waals surface area contributed by atoms with E-state index in [1.165, 1.54) is 0 Å². The number of carbonyl (C=O) groups excluding carboxylic acids is 1. The second-order valence-corrected chi connectivity index (χ2v) is 4.50. The highest BCUT2D eigenvalue weighted by molar-refractivity contribution is 5.82. The number of aliphatic hydroxyl groups is 1. The molecule has 0 rings (SSSR count). The monoisotopic (exact) mass is 230 g/mol. The lowest BCUT2D eigenvalue weighted by atomic mass is 10.0. The highest BCUT2D eigenvalue weighted by Gasteiger charge is 2.27. The number of nitrogens with two attached hydrogens (primary N) is 1. The van der Waals surface area contributed by atoms with Gasteiger partial charge in [-0.15, -0.1) is 0 Å². The molecular weight excluding hydrogens is 204 g/mol. The zero-order chi connectivity index (χ0) is 12.7. The Labute approximate surface area is 98.8 Å². The largest absolute Gasteiger partial charge is 0.395 e. The molecule has 0 aromatic rings. The van der Waals surface area contributed by atoms with Gasteiger partial charge >= 0.3 is 0 Å². The van der Waals surface area contributed by atoms with E-state index in [0.717, 1.165) is 12.8 Å². The molecule has 3 N–H and O–H groups in total. The molecule has 1 amide bonds. The molecule has 0 aliphatic rings. The molecule has 96 valence electrons. The maximum Gasteiger partial charge on any atom is 0.240 e. The Balaban J connectivity index is 4.69. The predicted octanol–water partition coefficient (Wildman–Crippen LogP) is 0.979. The van der Waals surface area contributed by atoms with Crippen molar-refractivity contribution in [3.05, 3.63) is 0 Å². The minimum Gasteiger partial charge on any atom is -0.395 e. The van der Waals surface area contributed by atoms with Crippen molar-refractivity contribution >= 4 is 5.91 Å². The summed E-state index contributed by atoms with van der Waals surface area (Å²) in [7, 11) is 0. The summed E-state index contributed by atoms with van der Waals surface area (Å²) in [4.78, 5) is 13.9. The average molecular weight is 230 g/mol. The van der Waals surface area contributed by atoms with Crippen LogP contribution in [0.1, 0.15) is 40.5 Å². The molecule has 4 nitrogen and oxygen atoms in total. The lowest BCUT2D eigenvalue weighted by Crippen LogP contribution is -2.51. The van der Waals surface area contributed by atoms with Crippen LogP contribution in [0.5, 0.6) is 0 Å². The van der Waals surface area contributed by atoms with E-state index in [-0.39, 0.29) is 24.5 Å². The van der Waals surface area contributed by atoms with Gasteiger partial charge in [0.05, 0.1) is 12.6 Å². The number of nitrogens with zero attached hydrogens (tertiary/aromatic N) is 1. The molecule has 0 radical (unpaired) electrons. The van der Waals surface area contributed by atoms with Crippen LogP contribution in [0.25, 0.3) is 0 Å². The average Bonchev–Trinajstić information content (AvgIpc) is 2.27. The van der Waals surface area contributed by atoms with Gasteiger partial charge in [0.1, 0.15) is 0 Å². The van der Waals surface area contributed by atoms with Crippen LogP contribution in [0.4, 0.5) is 0 Å². The Morgan fingerprint density at radius 1 is 1.31 bits per heavy atom.